The molecule has 0 saturated heterocycles. The van der Waals surface area contributed by atoms with Gasteiger partial charge in [-0.15, -0.1) is 0 Å². The molecule has 7 heteroatoms. The molecule has 0 aromatic heterocycles. The van der Waals surface area contributed by atoms with Gasteiger partial charge in [-0.05, 0) is 64.0 Å². The quantitative estimate of drug-likeness (QED) is 0.615. The van der Waals surface area contributed by atoms with Crippen LogP contribution in [0.4, 0.5) is 10.1 Å². The molecular weight excluding hydrogens is 385 g/mol. The summed E-state index contributed by atoms with van der Waals surface area (Å²) >= 11 is 3.08. The summed E-state index contributed by atoms with van der Waals surface area (Å²) < 4.78 is 38.0. The van der Waals surface area contributed by atoms with Crippen molar-refractivity contribution >= 4 is 43.5 Å². The molecule has 120 valence electrons. The number of hydrogen-bond donors (Lipinski definition) is 1. The number of carbonyl (C=O) groups excluding carboxylic acids is 1. The molecule has 23 heavy (non-hydrogen) atoms. The highest BCUT2D eigenvalue weighted by Gasteiger charge is 2.05. The number of halogens is 2. The minimum Gasteiger partial charge on any atom is -0.289 e. The van der Waals surface area contributed by atoms with E-state index >= 15 is 0 Å². The van der Waals surface area contributed by atoms with Crippen LogP contribution in [0.3, 0.4) is 0 Å². The van der Waals surface area contributed by atoms with E-state index < -0.39 is 10.0 Å². The zero-order valence-electron chi connectivity index (χ0n) is 12.1. The van der Waals surface area contributed by atoms with Crippen molar-refractivity contribution in [1.82, 2.24) is 0 Å². The van der Waals surface area contributed by atoms with Crippen LogP contribution in [0.1, 0.15) is 15.9 Å². The Bertz CT molecular complexity index is 861. The molecule has 2 rings (SSSR count). The van der Waals surface area contributed by atoms with Crippen LogP contribution >= 0.6 is 15.9 Å². The van der Waals surface area contributed by atoms with Gasteiger partial charge in [-0.25, -0.2) is 12.8 Å². The van der Waals surface area contributed by atoms with Crippen LogP contribution in [-0.4, -0.2) is 20.5 Å². The fourth-order valence-electron chi connectivity index (χ4n) is 1.80. The van der Waals surface area contributed by atoms with Crippen molar-refractivity contribution in [2.45, 2.75) is 0 Å². The number of benzene rings is 2. The molecule has 0 unspecified atom stereocenters. The fraction of sp³-hybridized carbons (Fsp3) is 0.0625. The Balaban J connectivity index is 2.11. The van der Waals surface area contributed by atoms with Crippen LogP contribution in [0, 0.1) is 5.82 Å². The molecule has 0 aliphatic carbocycles. The lowest BCUT2D eigenvalue weighted by Crippen LogP contribution is -2.09. The average molecular weight is 398 g/mol. The summed E-state index contributed by atoms with van der Waals surface area (Å²) in [6, 6.07) is 10.5. The molecular formula is C16H13BrFNO3S. The zero-order valence-corrected chi connectivity index (χ0v) is 14.5. The average Bonchev–Trinajstić information content (AvgIpc) is 2.47. The number of sulfonamides is 1. The van der Waals surface area contributed by atoms with E-state index in [0.29, 0.717) is 21.3 Å². The number of hydrogen-bond acceptors (Lipinski definition) is 3. The smallest absolute Gasteiger partial charge is 0.229 e. The minimum absolute atomic E-state index is 0.239. The molecule has 0 amide bonds. The van der Waals surface area contributed by atoms with Crippen LogP contribution in [0.5, 0.6) is 0 Å². The molecule has 2 aromatic carbocycles. The summed E-state index contributed by atoms with van der Waals surface area (Å²) in [6.45, 7) is 0. The highest BCUT2D eigenvalue weighted by molar-refractivity contribution is 9.10. The predicted molar refractivity (Wildman–Crippen MR) is 92.4 cm³/mol. The summed E-state index contributed by atoms with van der Waals surface area (Å²) in [6.07, 6.45) is 4.00. The Kier molecular flexibility index (Phi) is 5.33. The number of allylic oxidation sites excluding steroid dienone is 1. The van der Waals surface area contributed by atoms with Crippen LogP contribution in [0.2, 0.25) is 0 Å². The van der Waals surface area contributed by atoms with Crippen molar-refractivity contribution in [2.75, 3.05) is 11.0 Å². The number of carbonyl (C=O) groups is 1. The highest BCUT2D eigenvalue weighted by atomic mass is 79.9. The van der Waals surface area contributed by atoms with Crippen molar-refractivity contribution in [2.24, 2.45) is 0 Å². The van der Waals surface area contributed by atoms with Crippen molar-refractivity contribution in [1.29, 1.82) is 0 Å². The van der Waals surface area contributed by atoms with E-state index in [9.17, 15) is 17.6 Å². The Hall–Kier alpha value is -1.99. The standard InChI is InChI=1S/C16H13BrFNO3S/c1-23(21,22)19-13-6-4-12(5-7-13)16(20)9-3-11-2-8-15(18)14(17)10-11/h2-10,19H,1H3. The molecule has 0 saturated carbocycles. The summed E-state index contributed by atoms with van der Waals surface area (Å²) in [5.74, 6) is -0.612. The third-order valence-corrected chi connectivity index (χ3v) is 4.06. The molecule has 0 aliphatic rings. The second kappa shape index (κ2) is 7.06. The van der Waals surface area contributed by atoms with E-state index in [1.54, 1.807) is 18.2 Å². The Labute approximate surface area is 142 Å². The molecule has 4 nitrogen and oxygen atoms in total. The Morgan fingerprint density at radius 3 is 2.39 bits per heavy atom. The van der Waals surface area contributed by atoms with Crippen LogP contribution < -0.4 is 4.72 Å². The number of nitrogens with one attached hydrogen (secondary N) is 1. The number of rotatable bonds is 5. The third-order valence-electron chi connectivity index (χ3n) is 2.84. The Morgan fingerprint density at radius 2 is 1.83 bits per heavy atom. The monoisotopic (exact) mass is 397 g/mol. The first-order valence-electron chi connectivity index (χ1n) is 6.50. The first kappa shape index (κ1) is 17.4. The van der Waals surface area contributed by atoms with Gasteiger partial charge in [0.15, 0.2) is 5.78 Å². The van der Waals surface area contributed by atoms with E-state index in [-0.39, 0.29) is 11.6 Å². The molecule has 2 aromatic rings. The zero-order chi connectivity index (χ0) is 17.0. The molecule has 0 fully saturated rings. The number of anilines is 1. The molecule has 0 aliphatic heterocycles. The van der Waals surface area contributed by atoms with E-state index in [1.165, 1.54) is 36.4 Å². The molecule has 0 spiro atoms. The van der Waals surface area contributed by atoms with E-state index in [1.807, 2.05) is 0 Å². The second-order valence-electron chi connectivity index (χ2n) is 4.82. The minimum atomic E-state index is -3.35. The van der Waals surface area contributed by atoms with Crippen LogP contribution in [-0.2, 0) is 10.0 Å². The SMILES string of the molecule is CS(=O)(=O)Nc1ccc(C(=O)C=Cc2ccc(F)c(Br)c2)cc1. The first-order chi connectivity index (χ1) is 10.7. The van der Waals surface area contributed by atoms with Crippen LogP contribution in [0.15, 0.2) is 53.0 Å². The van der Waals surface area contributed by atoms with Crippen LogP contribution in [0.25, 0.3) is 6.08 Å². The lowest BCUT2D eigenvalue weighted by Gasteiger charge is -2.04. The first-order valence-corrected chi connectivity index (χ1v) is 9.18. The van der Waals surface area contributed by atoms with Gasteiger partial charge in [0.05, 0.1) is 10.7 Å². The topological polar surface area (TPSA) is 63.2 Å². The lowest BCUT2D eigenvalue weighted by molar-refractivity contribution is 0.104. The molecule has 0 atom stereocenters. The van der Waals surface area contributed by atoms with Gasteiger partial charge in [0, 0.05) is 11.3 Å². The maximum Gasteiger partial charge on any atom is 0.229 e. The van der Waals surface area contributed by atoms with Gasteiger partial charge in [0.1, 0.15) is 5.82 Å². The maximum atomic E-state index is 13.1. The number of ketones is 1. The van der Waals surface area contributed by atoms with Gasteiger partial charge in [-0.2, -0.15) is 0 Å². The summed E-state index contributed by atoms with van der Waals surface area (Å²) in [4.78, 5) is 12.1. The Morgan fingerprint density at radius 1 is 1.17 bits per heavy atom. The van der Waals surface area contributed by atoms with E-state index in [2.05, 4.69) is 20.7 Å². The lowest BCUT2D eigenvalue weighted by atomic mass is 10.1. The summed E-state index contributed by atoms with van der Waals surface area (Å²) in [5.41, 5.74) is 1.49. The summed E-state index contributed by atoms with van der Waals surface area (Å²) in [5, 5.41) is 0. The molecule has 1 N–H and O–H groups in total. The van der Waals surface area contributed by atoms with Gasteiger partial charge < -0.3 is 0 Å². The molecule has 0 bridgehead atoms. The third kappa shape index (κ3) is 5.30. The van der Waals surface area contributed by atoms with E-state index in [0.717, 1.165) is 6.26 Å². The fourth-order valence-corrected chi connectivity index (χ4v) is 2.76. The second-order valence-corrected chi connectivity index (χ2v) is 7.43. The van der Waals surface area contributed by atoms with Gasteiger partial charge in [0.25, 0.3) is 0 Å². The van der Waals surface area contributed by atoms with Crippen molar-refractivity contribution < 1.29 is 17.6 Å². The van der Waals surface area contributed by atoms with Crippen molar-refractivity contribution in [3.8, 4) is 0 Å². The highest BCUT2D eigenvalue weighted by Crippen LogP contribution is 2.18. The molecule has 0 radical (unpaired) electrons. The summed E-state index contributed by atoms with van der Waals surface area (Å²) in [7, 11) is -3.35. The van der Waals surface area contributed by atoms with E-state index in [4.69, 9.17) is 0 Å². The molecule has 0 heterocycles. The normalized spacial score (nSPS) is 11.6. The van der Waals surface area contributed by atoms with Crippen molar-refractivity contribution in [3.63, 3.8) is 0 Å². The van der Waals surface area contributed by atoms with Gasteiger partial charge >= 0.3 is 0 Å². The predicted octanol–water partition coefficient (Wildman–Crippen LogP) is 3.86. The largest absolute Gasteiger partial charge is 0.289 e. The van der Waals surface area contributed by atoms with Gasteiger partial charge in [0.2, 0.25) is 10.0 Å². The maximum absolute atomic E-state index is 13.1. The van der Waals surface area contributed by atoms with Gasteiger partial charge in [-0.1, -0.05) is 12.1 Å². The van der Waals surface area contributed by atoms with Crippen molar-refractivity contribution in [3.05, 3.63) is 70.0 Å². The van der Waals surface area contributed by atoms with Gasteiger partial charge in [-0.3, -0.25) is 9.52 Å².